The fourth-order valence-corrected chi connectivity index (χ4v) is 9.28. The van der Waals surface area contributed by atoms with Crippen LogP contribution in [0.2, 0.25) is 12.6 Å². The average Bonchev–Trinajstić information content (AvgIpc) is 3.21. The van der Waals surface area contributed by atoms with Gasteiger partial charge in [-0.15, -0.1) is 0 Å². The number of hydrogen-bond acceptors (Lipinski definition) is 2. The van der Waals surface area contributed by atoms with E-state index in [1.54, 1.807) is 0 Å². The fourth-order valence-electron chi connectivity index (χ4n) is 4.10. The standard InChI is InChI=1S/C19H24NOPSi/c1-23(16-9-4-2-5-10-16,17-11-6-3-7-12-17)15-19-18-13-8-14-20(18)22-21-19/h2-7,9-12,18-19,22H,8,13-15H2,1H3/t18-,19+/m0/s1. The van der Waals surface area contributed by atoms with E-state index in [2.05, 4.69) is 71.9 Å². The SMILES string of the molecule is C[Si](C[C@H]1OPN2CCC[C@@H]12)(c1ccccc1)c1ccccc1. The highest BCUT2D eigenvalue weighted by Gasteiger charge is 2.44. The molecule has 2 aromatic carbocycles. The zero-order chi connectivity index (χ0) is 15.7. The molecule has 2 aliphatic rings. The minimum absolute atomic E-state index is 0.410. The summed E-state index contributed by atoms with van der Waals surface area (Å²) in [6.45, 7) is 3.75. The second-order valence-electron chi connectivity index (χ2n) is 6.92. The Morgan fingerprint density at radius 2 is 1.65 bits per heavy atom. The number of benzene rings is 2. The molecule has 0 saturated carbocycles. The minimum atomic E-state index is -1.77. The topological polar surface area (TPSA) is 12.5 Å². The molecule has 3 atom stereocenters. The Morgan fingerprint density at radius 1 is 1.04 bits per heavy atom. The summed E-state index contributed by atoms with van der Waals surface area (Å²) in [5.41, 5.74) is 0. The van der Waals surface area contributed by atoms with Crippen LogP contribution in [-0.4, -0.2) is 31.4 Å². The quantitative estimate of drug-likeness (QED) is 0.625. The van der Waals surface area contributed by atoms with Crippen LogP contribution in [0.25, 0.3) is 0 Å². The number of fused-ring (bicyclic) bond motifs is 1. The molecule has 0 aromatic heterocycles. The summed E-state index contributed by atoms with van der Waals surface area (Å²) in [6, 6.07) is 24.1. The van der Waals surface area contributed by atoms with Gasteiger partial charge in [0.25, 0.3) is 0 Å². The Labute approximate surface area is 141 Å². The van der Waals surface area contributed by atoms with Gasteiger partial charge in [-0.05, 0) is 18.9 Å². The van der Waals surface area contributed by atoms with Crippen LogP contribution in [0.3, 0.4) is 0 Å². The molecule has 2 nitrogen and oxygen atoms in total. The molecule has 120 valence electrons. The van der Waals surface area contributed by atoms with Gasteiger partial charge in [-0.3, -0.25) is 4.67 Å². The van der Waals surface area contributed by atoms with Crippen molar-refractivity contribution >= 4 is 27.4 Å². The molecule has 0 bridgehead atoms. The molecule has 4 rings (SSSR count). The van der Waals surface area contributed by atoms with Gasteiger partial charge in [0.05, 0.1) is 15.1 Å². The molecule has 2 saturated heterocycles. The molecule has 23 heavy (non-hydrogen) atoms. The van der Waals surface area contributed by atoms with Gasteiger partial charge in [0.15, 0.2) is 0 Å². The second-order valence-corrected chi connectivity index (χ2v) is 12.1. The molecule has 2 fully saturated rings. The Balaban J connectivity index is 1.69. The van der Waals surface area contributed by atoms with Gasteiger partial charge in [-0.2, -0.15) is 0 Å². The van der Waals surface area contributed by atoms with E-state index in [4.69, 9.17) is 4.52 Å². The number of rotatable bonds is 4. The summed E-state index contributed by atoms with van der Waals surface area (Å²) in [5, 5.41) is 3.05. The van der Waals surface area contributed by atoms with Crippen molar-refractivity contribution in [1.82, 2.24) is 4.67 Å². The average molecular weight is 341 g/mol. The first-order chi connectivity index (χ1) is 11.3. The van der Waals surface area contributed by atoms with Crippen molar-refractivity contribution < 1.29 is 4.52 Å². The first kappa shape index (κ1) is 15.5. The van der Waals surface area contributed by atoms with Crippen molar-refractivity contribution in [3.8, 4) is 0 Å². The van der Waals surface area contributed by atoms with E-state index < -0.39 is 8.07 Å². The molecule has 0 amide bonds. The van der Waals surface area contributed by atoms with Gasteiger partial charge in [0, 0.05) is 12.6 Å². The molecule has 2 aliphatic heterocycles. The van der Waals surface area contributed by atoms with Crippen LogP contribution in [0.4, 0.5) is 0 Å². The number of hydrogen-bond donors (Lipinski definition) is 0. The summed E-state index contributed by atoms with van der Waals surface area (Å²) in [4.78, 5) is 0. The number of nitrogens with zero attached hydrogens (tertiary/aromatic N) is 1. The third kappa shape index (κ3) is 2.92. The van der Waals surface area contributed by atoms with E-state index in [-0.39, 0.29) is 0 Å². The third-order valence-corrected chi connectivity index (χ3v) is 11.1. The zero-order valence-corrected chi connectivity index (χ0v) is 15.6. The summed E-state index contributed by atoms with van der Waals surface area (Å²) >= 11 is 0. The van der Waals surface area contributed by atoms with Crippen LogP contribution >= 0.6 is 8.96 Å². The molecule has 4 heteroatoms. The van der Waals surface area contributed by atoms with Crippen LogP contribution in [0, 0.1) is 0 Å². The summed E-state index contributed by atoms with van der Waals surface area (Å²) in [5.74, 6) is 0. The fraction of sp³-hybridized carbons (Fsp3) is 0.368. The van der Waals surface area contributed by atoms with Gasteiger partial charge in [0.1, 0.15) is 8.07 Å². The summed E-state index contributed by atoms with van der Waals surface area (Å²) in [7, 11) is -1.19. The minimum Gasteiger partial charge on any atom is -0.342 e. The highest BCUT2D eigenvalue weighted by atomic mass is 31.1. The Kier molecular flexibility index (Phi) is 4.38. The first-order valence-corrected chi connectivity index (χ1v) is 12.1. The maximum atomic E-state index is 6.25. The van der Waals surface area contributed by atoms with Gasteiger partial charge in [0.2, 0.25) is 0 Å². The van der Waals surface area contributed by atoms with Crippen LogP contribution in [0.5, 0.6) is 0 Å². The van der Waals surface area contributed by atoms with Crippen molar-refractivity contribution in [1.29, 1.82) is 0 Å². The van der Waals surface area contributed by atoms with E-state index >= 15 is 0 Å². The molecule has 1 unspecified atom stereocenters. The normalized spacial score (nSPS) is 25.8. The molecule has 0 N–H and O–H groups in total. The van der Waals surface area contributed by atoms with Gasteiger partial charge >= 0.3 is 0 Å². The monoisotopic (exact) mass is 341 g/mol. The third-order valence-electron chi connectivity index (χ3n) is 5.48. The molecule has 0 spiro atoms. The molecule has 2 aromatic rings. The van der Waals surface area contributed by atoms with E-state index in [1.165, 1.54) is 35.8 Å². The molecule has 2 heterocycles. The second kappa shape index (κ2) is 6.49. The molecule has 0 radical (unpaired) electrons. The van der Waals surface area contributed by atoms with Crippen LogP contribution < -0.4 is 10.4 Å². The summed E-state index contributed by atoms with van der Waals surface area (Å²) < 4.78 is 8.81. The largest absolute Gasteiger partial charge is 0.342 e. The summed E-state index contributed by atoms with van der Waals surface area (Å²) in [6.07, 6.45) is 3.06. The molecule has 0 aliphatic carbocycles. The van der Waals surface area contributed by atoms with Crippen molar-refractivity contribution in [3.63, 3.8) is 0 Å². The van der Waals surface area contributed by atoms with Gasteiger partial charge < -0.3 is 4.52 Å². The van der Waals surface area contributed by atoms with Gasteiger partial charge in [-0.1, -0.05) is 77.6 Å². The van der Waals surface area contributed by atoms with Crippen molar-refractivity contribution in [2.24, 2.45) is 0 Å². The van der Waals surface area contributed by atoms with Crippen LogP contribution in [-0.2, 0) is 4.52 Å². The zero-order valence-electron chi connectivity index (χ0n) is 13.6. The predicted molar refractivity (Wildman–Crippen MR) is 101 cm³/mol. The van der Waals surface area contributed by atoms with E-state index in [1.807, 2.05) is 0 Å². The van der Waals surface area contributed by atoms with Gasteiger partial charge in [-0.25, -0.2) is 0 Å². The van der Waals surface area contributed by atoms with E-state index in [0.29, 0.717) is 21.1 Å². The van der Waals surface area contributed by atoms with Crippen LogP contribution in [0.1, 0.15) is 12.8 Å². The van der Waals surface area contributed by atoms with E-state index in [0.717, 1.165) is 0 Å². The molecular weight excluding hydrogens is 317 g/mol. The maximum Gasteiger partial charge on any atom is 0.117 e. The Bertz CT molecular complexity index is 611. The lowest BCUT2D eigenvalue weighted by Gasteiger charge is -2.32. The first-order valence-electron chi connectivity index (χ1n) is 8.56. The van der Waals surface area contributed by atoms with Crippen molar-refractivity contribution in [3.05, 3.63) is 60.7 Å². The van der Waals surface area contributed by atoms with Crippen molar-refractivity contribution in [2.45, 2.75) is 37.6 Å². The Hall–Kier alpha value is -0.993. The highest BCUT2D eigenvalue weighted by molar-refractivity contribution is 7.29. The van der Waals surface area contributed by atoms with Crippen LogP contribution in [0.15, 0.2) is 60.7 Å². The molecular formula is C19H24NOPSi. The van der Waals surface area contributed by atoms with Crippen molar-refractivity contribution in [2.75, 3.05) is 6.54 Å². The highest BCUT2D eigenvalue weighted by Crippen LogP contribution is 2.44. The predicted octanol–water partition coefficient (Wildman–Crippen LogP) is 3.25. The lowest BCUT2D eigenvalue weighted by molar-refractivity contribution is 0.232. The Morgan fingerprint density at radius 3 is 2.26 bits per heavy atom. The maximum absolute atomic E-state index is 6.25. The lowest BCUT2D eigenvalue weighted by atomic mass is 10.1. The van der Waals surface area contributed by atoms with E-state index in [9.17, 15) is 0 Å². The lowest BCUT2D eigenvalue weighted by Crippen LogP contribution is -2.58. The smallest absolute Gasteiger partial charge is 0.117 e.